The summed E-state index contributed by atoms with van der Waals surface area (Å²) in [5.41, 5.74) is 0. The molecular weight excluding hydrogens is 186 g/mol. The van der Waals surface area contributed by atoms with E-state index in [4.69, 9.17) is 0 Å². The molecule has 0 bridgehead atoms. The zero-order valence-corrected chi connectivity index (χ0v) is 10.3. The molecule has 0 amide bonds. The van der Waals surface area contributed by atoms with Crippen molar-refractivity contribution < 1.29 is 0 Å². The van der Waals surface area contributed by atoms with Gasteiger partial charge in [0.15, 0.2) is 0 Å². The SMILES string of the molecule is CCN1CCN(CC2CCN(C)CC2)C1. The quantitative estimate of drug-likeness (QED) is 0.687. The molecule has 0 spiro atoms. The molecule has 0 atom stereocenters. The summed E-state index contributed by atoms with van der Waals surface area (Å²) in [7, 11) is 2.24. The first-order valence-corrected chi connectivity index (χ1v) is 6.41. The second kappa shape index (κ2) is 5.28. The van der Waals surface area contributed by atoms with Crippen molar-refractivity contribution in [2.45, 2.75) is 19.8 Å². The highest BCUT2D eigenvalue weighted by atomic mass is 15.4. The molecule has 0 saturated carbocycles. The van der Waals surface area contributed by atoms with Crippen molar-refractivity contribution in [2.75, 3.05) is 53.0 Å². The van der Waals surface area contributed by atoms with Gasteiger partial charge in [0.2, 0.25) is 0 Å². The standard InChI is InChI=1S/C12H25N3/c1-3-14-8-9-15(11-14)10-12-4-6-13(2)7-5-12/h12H,3-11H2,1-2H3. The maximum Gasteiger partial charge on any atom is 0.0507 e. The first-order chi connectivity index (χ1) is 7.28. The predicted octanol–water partition coefficient (Wildman–Crippen LogP) is 0.923. The molecule has 2 heterocycles. The van der Waals surface area contributed by atoms with E-state index in [1.54, 1.807) is 0 Å². The zero-order chi connectivity index (χ0) is 10.7. The fourth-order valence-corrected chi connectivity index (χ4v) is 2.72. The summed E-state index contributed by atoms with van der Waals surface area (Å²) < 4.78 is 0. The van der Waals surface area contributed by atoms with Crippen molar-refractivity contribution in [3.8, 4) is 0 Å². The molecule has 2 saturated heterocycles. The molecule has 88 valence electrons. The predicted molar refractivity (Wildman–Crippen MR) is 63.9 cm³/mol. The Bertz CT molecular complexity index is 187. The molecule has 0 unspecified atom stereocenters. The average molecular weight is 211 g/mol. The van der Waals surface area contributed by atoms with E-state index in [2.05, 4.69) is 28.7 Å². The molecule has 0 aromatic rings. The van der Waals surface area contributed by atoms with Crippen molar-refractivity contribution in [3.05, 3.63) is 0 Å². The van der Waals surface area contributed by atoms with Crippen molar-refractivity contribution in [1.82, 2.24) is 14.7 Å². The van der Waals surface area contributed by atoms with Crippen molar-refractivity contribution in [3.63, 3.8) is 0 Å². The molecule has 0 radical (unpaired) electrons. The molecule has 2 aliphatic rings. The van der Waals surface area contributed by atoms with Crippen molar-refractivity contribution >= 4 is 0 Å². The first kappa shape index (κ1) is 11.4. The molecule has 15 heavy (non-hydrogen) atoms. The zero-order valence-electron chi connectivity index (χ0n) is 10.3. The maximum atomic E-state index is 2.64. The summed E-state index contributed by atoms with van der Waals surface area (Å²) >= 11 is 0. The summed E-state index contributed by atoms with van der Waals surface area (Å²) in [5, 5.41) is 0. The van der Waals surface area contributed by atoms with Crippen LogP contribution in [0.25, 0.3) is 0 Å². The van der Waals surface area contributed by atoms with Crippen LogP contribution in [0, 0.1) is 5.92 Å². The van der Waals surface area contributed by atoms with Gasteiger partial charge in [0, 0.05) is 19.6 Å². The molecule has 0 aromatic heterocycles. The van der Waals surface area contributed by atoms with Crippen LogP contribution in [0.3, 0.4) is 0 Å². The van der Waals surface area contributed by atoms with E-state index >= 15 is 0 Å². The van der Waals surface area contributed by atoms with Crippen LogP contribution < -0.4 is 0 Å². The molecule has 2 aliphatic heterocycles. The molecule has 3 heteroatoms. The van der Waals surface area contributed by atoms with Gasteiger partial charge >= 0.3 is 0 Å². The normalized spacial score (nSPS) is 27.6. The van der Waals surface area contributed by atoms with Crippen LogP contribution in [0.5, 0.6) is 0 Å². The van der Waals surface area contributed by atoms with E-state index in [0.717, 1.165) is 5.92 Å². The Labute approximate surface area is 94.0 Å². The highest BCUT2D eigenvalue weighted by Crippen LogP contribution is 2.18. The largest absolute Gasteiger partial charge is 0.306 e. The van der Waals surface area contributed by atoms with Crippen LogP contribution in [-0.4, -0.2) is 67.7 Å². The van der Waals surface area contributed by atoms with Gasteiger partial charge in [0.1, 0.15) is 0 Å². The Balaban J connectivity index is 1.69. The van der Waals surface area contributed by atoms with Crippen LogP contribution in [0.15, 0.2) is 0 Å². The number of likely N-dealkylation sites (N-methyl/N-ethyl adjacent to an activating group) is 1. The van der Waals surface area contributed by atoms with Gasteiger partial charge in [0.25, 0.3) is 0 Å². The third kappa shape index (κ3) is 3.16. The smallest absolute Gasteiger partial charge is 0.0507 e. The topological polar surface area (TPSA) is 9.72 Å². The monoisotopic (exact) mass is 211 g/mol. The van der Waals surface area contributed by atoms with E-state index in [-0.39, 0.29) is 0 Å². The van der Waals surface area contributed by atoms with Gasteiger partial charge in [-0.2, -0.15) is 0 Å². The van der Waals surface area contributed by atoms with E-state index in [0.29, 0.717) is 0 Å². The number of hydrogen-bond acceptors (Lipinski definition) is 3. The summed E-state index contributed by atoms with van der Waals surface area (Å²) in [6.45, 7) is 11.2. The van der Waals surface area contributed by atoms with Crippen LogP contribution >= 0.6 is 0 Å². The Kier molecular flexibility index (Phi) is 4.00. The van der Waals surface area contributed by atoms with Gasteiger partial charge in [-0.05, 0) is 45.4 Å². The second-order valence-corrected chi connectivity index (χ2v) is 5.18. The number of likely N-dealkylation sites (tertiary alicyclic amines) is 1. The lowest BCUT2D eigenvalue weighted by Gasteiger charge is -2.31. The number of rotatable bonds is 3. The van der Waals surface area contributed by atoms with Gasteiger partial charge in [-0.1, -0.05) is 6.92 Å². The lowest BCUT2D eigenvalue weighted by molar-refractivity contribution is 0.162. The Morgan fingerprint density at radius 2 is 1.67 bits per heavy atom. The minimum Gasteiger partial charge on any atom is -0.306 e. The van der Waals surface area contributed by atoms with Gasteiger partial charge in [-0.3, -0.25) is 9.80 Å². The fraction of sp³-hybridized carbons (Fsp3) is 1.00. The minimum absolute atomic E-state index is 0.956. The highest BCUT2D eigenvalue weighted by Gasteiger charge is 2.23. The van der Waals surface area contributed by atoms with Gasteiger partial charge in [0.05, 0.1) is 6.67 Å². The molecule has 0 aliphatic carbocycles. The lowest BCUT2D eigenvalue weighted by atomic mass is 9.97. The third-order valence-electron chi connectivity index (χ3n) is 3.93. The lowest BCUT2D eigenvalue weighted by Crippen LogP contribution is -2.36. The first-order valence-electron chi connectivity index (χ1n) is 6.41. The van der Waals surface area contributed by atoms with E-state index < -0.39 is 0 Å². The molecule has 0 aromatic carbocycles. The summed E-state index contributed by atoms with van der Waals surface area (Å²) in [6, 6.07) is 0. The number of hydrogen-bond donors (Lipinski definition) is 0. The van der Waals surface area contributed by atoms with Crippen molar-refractivity contribution in [2.24, 2.45) is 5.92 Å². The van der Waals surface area contributed by atoms with E-state index in [1.165, 1.54) is 58.8 Å². The molecule has 2 fully saturated rings. The Morgan fingerprint density at radius 3 is 2.27 bits per heavy atom. The van der Waals surface area contributed by atoms with Gasteiger partial charge < -0.3 is 4.90 Å². The summed E-state index contributed by atoms with van der Waals surface area (Å²) in [5.74, 6) is 0.956. The fourth-order valence-electron chi connectivity index (χ4n) is 2.72. The van der Waals surface area contributed by atoms with Crippen LogP contribution in [0.2, 0.25) is 0 Å². The molecule has 2 rings (SSSR count). The highest BCUT2D eigenvalue weighted by molar-refractivity contribution is 4.77. The van der Waals surface area contributed by atoms with Gasteiger partial charge in [-0.25, -0.2) is 0 Å². The van der Waals surface area contributed by atoms with Crippen LogP contribution in [0.4, 0.5) is 0 Å². The third-order valence-corrected chi connectivity index (χ3v) is 3.93. The van der Waals surface area contributed by atoms with Crippen molar-refractivity contribution in [1.29, 1.82) is 0 Å². The maximum absolute atomic E-state index is 2.64. The van der Waals surface area contributed by atoms with Crippen LogP contribution in [0.1, 0.15) is 19.8 Å². The second-order valence-electron chi connectivity index (χ2n) is 5.18. The Morgan fingerprint density at radius 1 is 1.00 bits per heavy atom. The molecular formula is C12H25N3. The van der Waals surface area contributed by atoms with Crippen LogP contribution in [-0.2, 0) is 0 Å². The summed E-state index contributed by atoms with van der Waals surface area (Å²) in [6.07, 6.45) is 2.80. The Hall–Kier alpha value is -0.120. The number of piperidine rings is 1. The minimum atomic E-state index is 0.956. The average Bonchev–Trinajstić information content (AvgIpc) is 2.69. The van der Waals surface area contributed by atoms with Gasteiger partial charge in [-0.15, -0.1) is 0 Å². The summed E-state index contributed by atoms with van der Waals surface area (Å²) in [4.78, 5) is 7.63. The number of nitrogens with zero attached hydrogens (tertiary/aromatic N) is 3. The molecule has 0 N–H and O–H groups in total. The van der Waals surface area contributed by atoms with E-state index in [9.17, 15) is 0 Å². The van der Waals surface area contributed by atoms with E-state index in [1.807, 2.05) is 0 Å². The molecule has 3 nitrogen and oxygen atoms in total.